The normalized spacial score (nSPS) is 17.9. The molecule has 2 aliphatic carbocycles. The molecule has 1 aromatic rings. The average molecular weight is 293 g/mol. The predicted molar refractivity (Wildman–Crippen MR) is 70.2 cm³/mol. The monoisotopic (exact) mass is 292 g/mol. The van der Waals surface area contributed by atoms with Crippen molar-refractivity contribution in [2.24, 2.45) is 0 Å². The Kier molecular flexibility index (Phi) is 2.58. The average Bonchev–Trinajstić information content (AvgIpc) is 2.68. The molecule has 0 bridgehead atoms. The quantitative estimate of drug-likeness (QED) is 0.848. The van der Waals surface area contributed by atoms with Crippen LogP contribution in [-0.2, 0) is 6.42 Å². The fraction of sp³-hybridized carbons (Fsp3) is 0.357. The van der Waals surface area contributed by atoms with Crippen LogP contribution in [0.3, 0.4) is 0 Å². The molecule has 88 valence electrons. The Balaban J connectivity index is 2.20. The van der Waals surface area contributed by atoms with Crippen LogP contribution in [0.2, 0.25) is 0 Å². The first-order valence-corrected chi connectivity index (χ1v) is 6.73. The first-order chi connectivity index (χ1) is 8.18. The summed E-state index contributed by atoms with van der Waals surface area (Å²) in [5, 5.41) is 9.24. The van der Waals surface area contributed by atoms with Gasteiger partial charge in [-0.05, 0) is 60.9 Å². The Hall–Kier alpha value is -1.09. The third kappa shape index (κ3) is 1.64. The molecule has 0 saturated heterocycles. The van der Waals surface area contributed by atoms with Gasteiger partial charge in [-0.3, -0.25) is 0 Å². The maximum Gasteiger partial charge on any atom is 0.335 e. The van der Waals surface area contributed by atoms with Crippen molar-refractivity contribution in [2.45, 2.75) is 32.1 Å². The molecule has 0 unspecified atom stereocenters. The van der Waals surface area contributed by atoms with Crippen LogP contribution in [-0.4, -0.2) is 11.1 Å². The van der Waals surface area contributed by atoms with Gasteiger partial charge in [0.25, 0.3) is 0 Å². The molecule has 0 amide bonds. The van der Waals surface area contributed by atoms with E-state index in [2.05, 4.69) is 15.9 Å². The van der Waals surface area contributed by atoms with Gasteiger partial charge >= 0.3 is 5.97 Å². The Bertz CT molecular complexity index is 543. The van der Waals surface area contributed by atoms with Gasteiger partial charge in [-0.25, -0.2) is 4.79 Å². The molecule has 1 N–H and O–H groups in total. The Morgan fingerprint density at radius 3 is 2.76 bits per heavy atom. The number of carboxylic acids is 1. The number of hydrogen-bond acceptors (Lipinski definition) is 1. The van der Waals surface area contributed by atoms with E-state index in [4.69, 9.17) is 0 Å². The lowest BCUT2D eigenvalue weighted by molar-refractivity contribution is 0.0696. The van der Waals surface area contributed by atoms with E-state index in [0.717, 1.165) is 29.3 Å². The van der Waals surface area contributed by atoms with Gasteiger partial charge in [-0.1, -0.05) is 21.5 Å². The summed E-state index contributed by atoms with van der Waals surface area (Å²) in [6, 6.07) is 3.58. The van der Waals surface area contributed by atoms with E-state index >= 15 is 0 Å². The molecule has 3 rings (SSSR count). The number of fused-ring (bicyclic) bond motifs is 2. The molecule has 2 nitrogen and oxygen atoms in total. The summed E-state index contributed by atoms with van der Waals surface area (Å²) >= 11 is 3.57. The topological polar surface area (TPSA) is 37.3 Å². The Morgan fingerprint density at radius 1 is 1.24 bits per heavy atom. The zero-order valence-electron chi connectivity index (χ0n) is 9.42. The van der Waals surface area contributed by atoms with Gasteiger partial charge in [0.05, 0.1) is 5.56 Å². The van der Waals surface area contributed by atoms with Crippen LogP contribution in [0, 0.1) is 0 Å². The third-order valence-corrected chi connectivity index (χ3v) is 4.43. The summed E-state index contributed by atoms with van der Waals surface area (Å²) in [7, 11) is 0. The minimum Gasteiger partial charge on any atom is -0.478 e. The van der Waals surface area contributed by atoms with Crippen LogP contribution in [0.25, 0.3) is 5.57 Å². The van der Waals surface area contributed by atoms with Gasteiger partial charge < -0.3 is 5.11 Å². The Morgan fingerprint density at radius 2 is 2.00 bits per heavy atom. The van der Waals surface area contributed by atoms with Crippen molar-refractivity contribution in [3.63, 3.8) is 0 Å². The molecular formula is C14H13BrO2. The van der Waals surface area contributed by atoms with Gasteiger partial charge in [0.15, 0.2) is 0 Å². The maximum absolute atomic E-state index is 11.2. The molecule has 0 heterocycles. The van der Waals surface area contributed by atoms with E-state index in [1.807, 2.05) is 6.07 Å². The minimum atomic E-state index is -0.811. The summed E-state index contributed by atoms with van der Waals surface area (Å²) in [6.45, 7) is 0. The molecule has 0 fully saturated rings. The van der Waals surface area contributed by atoms with Gasteiger partial charge in [0.1, 0.15) is 0 Å². The number of allylic oxidation sites excluding steroid dienone is 2. The van der Waals surface area contributed by atoms with E-state index in [0.29, 0.717) is 5.56 Å². The van der Waals surface area contributed by atoms with E-state index in [1.165, 1.54) is 29.6 Å². The predicted octanol–water partition coefficient (Wildman–Crippen LogP) is 4.03. The summed E-state index contributed by atoms with van der Waals surface area (Å²) < 4.78 is 1.05. The van der Waals surface area contributed by atoms with Crippen LogP contribution < -0.4 is 0 Å². The number of halogens is 1. The zero-order valence-corrected chi connectivity index (χ0v) is 11.0. The van der Waals surface area contributed by atoms with E-state index in [-0.39, 0.29) is 0 Å². The Labute approximate surface area is 108 Å². The second-order valence-corrected chi connectivity index (χ2v) is 5.57. The highest BCUT2D eigenvalue weighted by atomic mass is 79.9. The van der Waals surface area contributed by atoms with E-state index < -0.39 is 5.97 Å². The number of carbonyl (C=O) groups is 1. The van der Waals surface area contributed by atoms with Crippen LogP contribution in [0.1, 0.15) is 47.2 Å². The number of rotatable bonds is 1. The fourth-order valence-electron chi connectivity index (χ4n) is 3.01. The number of carboxylic acid groups (broad SMARTS) is 1. The van der Waals surface area contributed by atoms with Crippen LogP contribution in [0.4, 0.5) is 0 Å². The number of aromatic carboxylic acids is 1. The maximum atomic E-state index is 11.2. The molecule has 0 radical (unpaired) electrons. The summed E-state index contributed by atoms with van der Waals surface area (Å²) in [4.78, 5) is 11.2. The van der Waals surface area contributed by atoms with Crippen molar-refractivity contribution in [2.75, 3.05) is 0 Å². The van der Waals surface area contributed by atoms with Crippen LogP contribution in [0.15, 0.2) is 22.2 Å². The van der Waals surface area contributed by atoms with Crippen molar-refractivity contribution in [1.29, 1.82) is 0 Å². The molecule has 2 aliphatic rings. The first-order valence-electron chi connectivity index (χ1n) is 5.94. The third-order valence-electron chi connectivity index (χ3n) is 3.77. The second kappa shape index (κ2) is 3.98. The first kappa shape index (κ1) is 11.0. The molecule has 0 aliphatic heterocycles. The molecule has 17 heavy (non-hydrogen) atoms. The van der Waals surface area contributed by atoms with Crippen molar-refractivity contribution in [3.8, 4) is 0 Å². The number of benzene rings is 1. The van der Waals surface area contributed by atoms with Crippen molar-refractivity contribution in [1.82, 2.24) is 0 Å². The zero-order chi connectivity index (χ0) is 12.0. The lowest BCUT2D eigenvalue weighted by Crippen LogP contribution is -2.03. The molecule has 0 saturated carbocycles. The minimum absolute atomic E-state index is 0.470. The highest BCUT2D eigenvalue weighted by molar-refractivity contribution is 9.10. The van der Waals surface area contributed by atoms with Gasteiger partial charge in [0.2, 0.25) is 0 Å². The van der Waals surface area contributed by atoms with Crippen LogP contribution >= 0.6 is 15.9 Å². The van der Waals surface area contributed by atoms with Crippen molar-refractivity contribution in [3.05, 3.63) is 38.9 Å². The highest BCUT2D eigenvalue weighted by Gasteiger charge is 2.29. The molecule has 0 atom stereocenters. The molecule has 1 aromatic carbocycles. The van der Waals surface area contributed by atoms with E-state index in [1.54, 1.807) is 6.07 Å². The molecule has 0 aromatic heterocycles. The molecule has 3 heteroatoms. The lowest BCUT2D eigenvalue weighted by atomic mass is 9.92. The summed E-state index contributed by atoms with van der Waals surface area (Å²) in [6.07, 6.45) is 5.54. The summed E-state index contributed by atoms with van der Waals surface area (Å²) in [5.41, 5.74) is 5.51. The van der Waals surface area contributed by atoms with Gasteiger partial charge in [-0.15, -0.1) is 0 Å². The van der Waals surface area contributed by atoms with E-state index in [9.17, 15) is 9.90 Å². The highest BCUT2D eigenvalue weighted by Crippen LogP contribution is 2.45. The van der Waals surface area contributed by atoms with Gasteiger partial charge in [0, 0.05) is 4.47 Å². The summed E-state index contributed by atoms with van der Waals surface area (Å²) in [5.74, 6) is -0.811. The molecular weight excluding hydrogens is 280 g/mol. The molecule has 0 spiro atoms. The van der Waals surface area contributed by atoms with Crippen molar-refractivity contribution < 1.29 is 9.90 Å². The number of hydrogen-bond donors (Lipinski definition) is 1. The smallest absolute Gasteiger partial charge is 0.335 e. The van der Waals surface area contributed by atoms with Crippen LogP contribution in [0.5, 0.6) is 0 Å². The fourth-order valence-corrected chi connectivity index (χ4v) is 3.62. The van der Waals surface area contributed by atoms with Gasteiger partial charge in [-0.2, -0.15) is 0 Å². The second-order valence-electron chi connectivity index (χ2n) is 4.72. The SMILES string of the molecule is O=C(O)c1ccc(Br)c2c1CC1=C2CCCC1. The standard InChI is InChI=1S/C14H13BrO2/c15-12-6-5-10(14(16)17)11-7-8-3-1-2-4-9(8)13(11)12/h5-6H,1-4,7H2,(H,16,17). The van der Waals surface area contributed by atoms with Crippen molar-refractivity contribution >= 4 is 27.5 Å². The lowest BCUT2D eigenvalue weighted by Gasteiger charge is -2.15. The largest absolute Gasteiger partial charge is 0.478 e.